The Kier molecular flexibility index (Phi) is 2.06. The van der Waals surface area contributed by atoms with E-state index < -0.39 is 11.9 Å². The van der Waals surface area contributed by atoms with Gasteiger partial charge in [-0.05, 0) is 18.3 Å². The molecule has 4 atom stereocenters. The maximum Gasteiger partial charge on any atom is 0.307 e. The summed E-state index contributed by atoms with van der Waals surface area (Å²) >= 11 is 0. The van der Waals surface area contributed by atoms with Crippen molar-refractivity contribution >= 4 is 11.9 Å². The summed E-state index contributed by atoms with van der Waals surface area (Å²) in [5, 5.41) is 11.6. The van der Waals surface area contributed by atoms with Gasteiger partial charge in [-0.15, -0.1) is 0 Å². The van der Waals surface area contributed by atoms with Gasteiger partial charge < -0.3 is 10.4 Å². The largest absolute Gasteiger partial charge is 0.481 e. The summed E-state index contributed by atoms with van der Waals surface area (Å²) in [6.07, 6.45) is 4.72. The fourth-order valence-electron chi connectivity index (χ4n) is 2.68. The third-order valence-electron chi connectivity index (χ3n) is 3.29. The Morgan fingerprint density at radius 2 is 1.86 bits per heavy atom. The van der Waals surface area contributed by atoms with Crippen LogP contribution in [0.25, 0.3) is 0 Å². The molecule has 0 aliphatic heterocycles. The van der Waals surface area contributed by atoms with Crippen LogP contribution in [0.1, 0.15) is 6.42 Å². The van der Waals surface area contributed by atoms with Crippen molar-refractivity contribution in [2.24, 2.45) is 23.7 Å². The normalized spacial score (nSPS) is 38.6. The van der Waals surface area contributed by atoms with Gasteiger partial charge in [0.15, 0.2) is 0 Å². The van der Waals surface area contributed by atoms with E-state index in [0.29, 0.717) is 0 Å². The first-order valence-corrected chi connectivity index (χ1v) is 4.78. The fourth-order valence-corrected chi connectivity index (χ4v) is 2.68. The Labute approximate surface area is 82.0 Å². The molecule has 0 saturated heterocycles. The van der Waals surface area contributed by atoms with Gasteiger partial charge in [0.05, 0.1) is 11.8 Å². The van der Waals surface area contributed by atoms with Crippen LogP contribution in [0.5, 0.6) is 0 Å². The van der Waals surface area contributed by atoms with Crippen molar-refractivity contribution in [2.75, 3.05) is 7.05 Å². The predicted molar refractivity (Wildman–Crippen MR) is 49.4 cm³/mol. The van der Waals surface area contributed by atoms with Gasteiger partial charge in [-0.2, -0.15) is 0 Å². The van der Waals surface area contributed by atoms with Gasteiger partial charge in [-0.1, -0.05) is 12.2 Å². The summed E-state index contributed by atoms with van der Waals surface area (Å²) in [4.78, 5) is 22.5. The minimum absolute atomic E-state index is 0.0554. The molecule has 2 bridgehead atoms. The molecule has 2 N–H and O–H groups in total. The molecular weight excluding hydrogens is 182 g/mol. The molecule has 4 nitrogen and oxygen atoms in total. The number of nitrogens with one attached hydrogen (secondary N) is 1. The highest BCUT2D eigenvalue weighted by atomic mass is 16.4. The molecule has 0 heterocycles. The van der Waals surface area contributed by atoms with Crippen molar-refractivity contribution < 1.29 is 14.7 Å². The van der Waals surface area contributed by atoms with E-state index in [2.05, 4.69) is 5.32 Å². The van der Waals surface area contributed by atoms with Crippen molar-refractivity contribution in [3.05, 3.63) is 12.2 Å². The second-order valence-electron chi connectivity index (χ2n) is 3.95. The lowest BCUT2D eigenvalue weighted by atomic mass is 9.82. The van der Waals surface area contributed by atoms with Crippen LogP contribution in [0.2, 0.25) is 0 Å². The summed E-state index contributed by atoms with van der Waals surface area (Å²) < 4.78 is 0. The molecule has 2 rings (SSSR count). The average Bonchev–Trinajstić information content (AvgIpc) is 2.74. The maximum atomic E-state index is 11.5. The van der Waals surface area contributed by atoms with Gasteiger partial charge >= 0.3 is 5.97 Å². The van der Waals surface area contributed by atoms with Crippen LogP contribution in [0.3, 0.4) is 0 Å². The molecule has 0 spiro atoms. The van der Waals surface area contributed by atoms with E-state index in [-0.39, 0.29) is 23.7 Å². The first-order valence-electron chi connectivity index (χ1n) is 4.78. The molecule has 0 aromatic carbocycles. The highest BCUT2D eigenvalue weighted by Crippen LogP contribution is 2.48. The van der Waals surface area contributed by atoms with E-state index in [4.69, 9.17) is 5.11 Å². The molecular formula is C10H13NO3. The van der Waals surface area contributed by atoms with Crippen LogP contribution in [-0.2, 0) is 9.59 Å². The van der Waals surface area contributed by atoms with Crippen LogP contribution in [0.4, 0.5) is 0 Å². The molecule has 0 radical (unpaired) electrons. The highest BCUT2D eigenvalue weighted by molar-refractivity contribution is 5.86. The van der Waals surface area contributed by atoms with E-state index in [9.17, 15) is 9.59 Å². The molecule has 0 aromatic rings. The SMILES string of the molecule is CNC(=O)[C@H]1C2C=CC(C2)[C@H]1C(=O)O. The quantitative estimate of drug-likeness (QED) is 0.621. The zero-order valence-electron chi connectivity index (χ0n) is 7.93. The smallest absolute Gasteiger partial charge is 0.307 e. The maximum absolute atomic E-state index is 11.5. The lowest BCUT2D eigenvalue weighted by Gasteiger charge is -2.22. The van der Waals surface area contributed by atoms with E-state index in [1.54, 1.807) is 7.05 Å². The minimum atomic E-state index is -0.851. The van der Waals surface area contributed by atoms with Crippen LogP contribution < -0.4 is 5.32 Å². The molecule has 2 aliphatic carbocycles. The Morgan fingerprint density at radius 1 is 1.29 bits per heavy atom. The van der Waals surface area contributed by atoms with Crippen molar-refractivity contribution in [1.82, 2.24) is 5.32 Å². The number of carboxylic acid groups (broad SMARTS) is 1. The number of fused-ring (bicyclic) bond motifs is 2. The van der Waals surface area contributed by atoms with Gasteiger partial charge in [0.1, 0.15) is 0 Å². The number of rotatable bonds is 2. The second kappa shape index (κ2) is 3.12. The van der Waals surface area contributed by atoms with E-state index >= 15 is 0 Å². The van der Waals surface area contributed by atoms with Crippen molar-refractivity contribution in [2.45, 2.75) is 6.42 Å². The number of hydrogen-bond donors (Lipinski definition) is 2. The number of hydrogen-bond acceptors (Lipinski definition) is 2. The minimum Gasteiger partial charge on any atom is -0.481 e. The molecule has 2 unspecified atom stereocenters. The third kappa shape index (κ3) is 1.14. The highest BCUT2D eigenvalue weighted by Gasteiger charge is 2.51. The summed E-state index contributed by atoms with van der Waals surface area (Å²) in [5.41, 5.74) is 0. The van der Waals surface area contributed by atoms with E-state index in [1.807, 2.05) is 12.2 Å². The Hall–Kier alpha value is -1.32. The zero-order valence-corrected chi connectivity index (χ0v) is 7.93. The van der Waals surface area contributed by atoms with Crippen LogP contribution in [0.15, 0.2) is 12.2 Å². The second-order valence-corrected chi connectivity index (χ2v) is 3.95. The van der Waals surface area contributed by atoms with E-state index in [1.165, 1.54) is 0 Å². The Morgan fingerprint density at radius 3 is 2.36 bits per heavy atom. The molecule has 0 aromatic heterocycles. The van der Waals surface area contributed by atoms with Crippen LogP contribution in [-0.4, -0.2) is 24.0 Å². The van der Waals surface area contributed by atoms with E-state index in [0.717, 1.165) is 6.42 Å². The van der Waals surface area contributed by atoms with Gasteiger partial charge in [-0.25, -0.2) is 0 Å². The zero-order chi connectivity index (χ0) is 10.3. The molecule has 2 aliphatic rings. The standard InChI is InChI=1S/C10H13NO3/c1-11-9(12)7-5-2-3-6(4-5)8(7)10(13)14/h2-3,5-8H,4H2,1H3,(H,11,12)(H,13,14)/t5?,6?,7-,8+/m0/s1. The fraction of sp³-hybridized carbons (Fsp3) is 0.600. The average molecular weight is 195 g/mol. The molecule has 1 fully saturated rings. The number of carbonyl (C=O) groups is 2. The number of allylic oxidation sites excluding steroid dienone is 2. The number of carboxylic acids is 1. The molecule has 76 valence electrons. The number of carbonyl (C=O) groups excluding carboxylic acids is 1. The Bertz CT molecular complexity index is 310. The lowest BCUT2D eigenvalue weighted by molar-refractivity contribution is -0.147. The first-order chi connectivity index (χ1) is 6.65. The van der Waals surface area contributed by atoms with Crippen molar-refractivity contribution in [1.29, 1.82) is 0 Å². The molecule has 4 heteroatoms. The van der Waals surface area contributed by atoms with Gasteiger partial charge in [0.2, 0.25) is 5.91 Å². The van der Waals surface area contributed by atoms with Crippen molar-refractivity contribution in [3.8, 4) is 0 Å². The Balaban J connectivity index is 2.26. The molecule has 1 amide bonds. The van der Waals surface area contributed by atoms with Gasteiger partial charge in [-0.3, -0.25) is 9.59 Å². The van der Waals surface area contributed by atoms with Gasteiger partial charge in [0, 0.05) is 7.05 Å². The van der Waals surface area contributed by atoms with Crippen LogP contribution >= 0.6 is 0 Å². The molecule has 14 heavy (non-hydrogen) atoms. The third-order valence-corrected chi connectivity index (χ3v) is 3.29. The monoisotopic (exact) mass is 195 g/mol. The predicted octanol–water partition coefficient (Wildman–Crippen LogP) is 0.255. The lowest BCUT2D eigenvalue weighted by Crippen LogP contribution is -2.38. The summed E-state index contributed by atoms with van der Waals surface area (Å²) in [6.45, 7) is 0. The summed E-state index contributed by atoms with van der Waals surface area (Å²) in [7, 11) is 1.55. The summed E-state index contributed by atoms with van der Waals surface area (Å²) in [5.74, 6) is -1.71. The topological polar surface area (TPSA) is 66.4 Å². The summed E-state index contributed by atoms with van der Waals surface area (Å²) in [6, 6.07) is 0. The molecule has 1 saturated carbocycles. The van der Waals surface area contributed by atoms with Crippen LogP contribution in [0, 0.1) is 23.7 Å². The number of amides is 1. The van der Waals surface area contributed by atoms with Gasteiger partial charge in [0.25, 0.3) is 0 Å². The first kappa shape index (κ1) is 9.24. The number of aliphatic carboxylic acids is 1. The van der Waals surface area contributed by atoms with Crippen molar-refractivity contribution in [3.63, 3.8) is 0 Å².